The molecule has 0 saturated carbocycles. The van der Waals surface area contributed by atoms with Gasteiger partial charge in [-0.1, -0.05) is 0 Å². The number of thiazole rings is 1. The number of nitrogens with zero attached hydrogens (tertiary/aromatic N) is 4. The second kappa shape index (κ2) is 6.54. The van der Waals surface area contributed by atoms with Gasteiger partial charge < -0.3 is 14.2 Å². The van der Waals surface area contributed by atoms with E-state index in [4.69, 9.17) is 8.83 Å². The zero-order chi connectivity index (χ0) is 16.4. The van der Waals surface area contributed by atoms with Crippen molar-refractivity contribution in [2.75, 3.05) is 11.9 Å². The number of furan rings is 1. The maximum atomic E-state index is 12.4. The first kappa shape index (κ1) is 15.0. The smallest absolute Gasteiger partial charge is 0.283 e. The third-order valence-corrected chi connectivity index (χ3v) is 4.55. The molecule has 124 valence electrons. The molecule has 1 amide bonds. The largest absolute Gasteiger partial charge is 0.459 e. The lowest BCUT2D eigenvalue weighted by atomic mass is 10.2. The fraction of sp³-hybridized carbons (Fsp3) is 0.333. The van der Waals surface area contributed by atoms with Crippen molar-refractivity contribution in [1.82, 2.24) is 20.1 Å². The molecule has 0 aromatic carbocycles. The van der Waals surface area contributed by atoms with Gasteiger partial charge in [0, 0.05) is 11.6 Å². The normalized spacial score (nSPS) is 18.1. The number of anilines is 1. The number of hydrogen-bond donors (Lipinski definition) is 1. The molecule has 1 saturated heterocycles. The van der Waals surface area contributed by atoms with Crippen molar-refractivity contribution in [1.29, 1.82) is 0 Å². The van der Waals surface area contributed by atoms with Gasteiger partial charge in [0.2, 0.25) is 11.8 Å². The summed E-state index contributed by atoms with van der Waals surface area (Å²) in [5.74, 6) is 1.30. The van der Waals surface area contributed by atoms with Crippen molar-refractivity contribution in [3.8, 4) is 11.7 Å². The molecular weight excluding hydrogens is 330 g/mol. The average molecular weight is 345 g/mol. The van der Waals surface area contributed by atoms with E-state index in [1.54, 1.807) is 24.6 Å². The van der Waals surface area contributed by atoms with E-state index in [0.29, 0.717) is 29.2 Å². The fourth-order valence-electron chi connectivity index (χ4n) is 2.78. The van der Waals surface area contributed by atoms with E-state index in [-0.39, 0.29) is 11.9 Å². The highest BCUT2D eigenvalue weighted by atomic mass is 32.1. The fourth-order valence-corrected chi connectivity index (χ4v) is 3.31. The summed E-state index contributed by atoms with van der Waals surface area (Å²) in [6.07, 6.45) is 4.98. The molecule has 0 radical (unpaired) electrons. The lowest BCUT2D eigenvalue weighted by Crippen LogP contribution is -2.39. The van der Waals surface area contributed by atoms with E-state index < -0.39 is 0 Å². The zero-order valence-corrected chi connectivity index (χ0v) is 13.5. The summed E-state index contributed by atoms with van der Waals surface area (Å²) in [4.78, 5) is 18.6. The molecule has 4 rings (SSSR count). The van der Waals surface area contributed by atoms with Crippen LogP contribution in [-0.4, -0.2) is 38.6 Å². The van der Waals surface area contributed by atoms with Gasteiger partial charge in [0.05, 0.1) is 18.8 Å². The molecule has 0 aliphatic carbocycles. The zero-order valence-electron chi connectivity index (χ0n) is 12.7. The number of amides is 1. The Kier molecular flexibility index (Phi) is 4.09. The molecular formula is C15H15N5O3S. The molecule has 1 aliphatic heterocycles. The maximum absolute atomic E-state index is 12.4. The van der Waals surface area contributed by atoms with Crippen LogP contribution in [0.5, 0.6) is 0 Å². The highest BCUT2D eigenvalue weighted by Gasteiger charge is 2.32. The van der Waals surface area contributed by atoms with Crippen molar-refractivity contribution in [3.63, 3.8) is 0 Å². The minimum Gasteiger partial charge on any atom is -0.459 e. The van der Waals surface area contributed by atoms with Gasteiger partial charge in [-0.3, -0.25) is 9.69 Å². The van der Waals surface area contributed by atoms with Crippen molar-refractivity contribution in [2.45, 2.75) is 25.4 Å². The number of hydrogen-bond acceptors (Lipinski definition) is 8. The van der Waals surface area contributed by atoms with Gasteiger partial charge in [-0.25, -0.2) is 4.98 Å². The molecule has 24 heavy (non-hydrogen) atoms. The maximum Gasteiger partial charge on any atom is 0.283 e. The summed E-state index contributed by atoms with van der Waals surface area (Å²) in [6.45, 7) is 1.25. The molecule has 1 N–H and O–H groups in total. The summed E-state index contributed by atoms with van der Waals surface area (Å²) in [7, 11) is 0. The number of likely N-dealkylation sites (tertiary alicyclic amines) is 1. The summed E-state index contributed by atoms with van der Waals surface area (Å²) in [6, 6.07) is 3.31. The van der Waals surface area contributed by atoms with Crippen LogP contribution < -0.4 is 5.32 Å². The summed E-state index contributed by atoms with van der Waals surface area (Å²) in [5, 5.41) is 13.3. The molecule has 0 spiro atoms. The lowest BCUT2D eigenvalue weighted by Gasteiger charge is -2.21. The Labute approximate surface area is 141 Å². The SMILES string of the molecule is O=C(Nc1nccs1)C1CCCN1Cc1nnc(-c2ccco2)o1. The first-order valence-electron chi connectivity index (χ1n) is 7.60. The topological polar surface area (TPSA) is 97.3 Å². The molecule has 3 aromatic heterocycles. The lowest BCUT2D eigenvalue weighted by molar-refractivity contribution is -0.120. The van der Waals surface area contributed by atoms with Gasteiger partial charge in [-0.15, -0.1) is 21.5 Å². The van der Waals surface area contributed by atoms with Crippen molar-refractivity contribution >= 4 is 22.4 Å². The standard InChI is InChI=1S/C15H15N5O3S/c21-13(17-15-16-5-8-24-15)10-3-1-6-20(10)9-12-18-19-14(23-12)11-4-2-7-22-11/h2,4-5,7-8,10H,1,3,6,9H2,(H,16,17,21). The molecule has 9 heteroatoms. The Morgan fingerprint density at radius 1 is 1.46 bits per heavy atom. The van der Waals surface area contributed by atoms with Crippen LogP contribution in [0.1, 0.15) is 18.7 Å². The molecule has 3 aromatic rings. The van der Waals surface area contributed by atoms with E-state index in [2.05, 4.69) is 20.5 Å². The highest BCUT2D eigenvalue weighted by molar-refractivity contribution is 7.13. The number of carbonyl (C=O) groups excluding carboxylic acids is 1. The monoisotopic (exact) mass is 345 g/mol. The van der Waals surface area contributed by atoms with E-state index in [1.807, 2.05) is 10.3 Å². The summed E-state index contributed by atoms with van der Waals surface area (Å²) >= 11 is 1.40. The third kappa shape index (κ3) is 3.08. The first-order valence-corrected chi connectivity index (χ1v) is 8.48. The molecule has 1 unspecified atom stereocenters. The second-order valence-corrected chi connectivity index (χ2v) is 6.33. The Bertz CT molecular complexity index is 799. The van der Waals surface area contributed by atoms with E-state index in [1.165, 1.54) is 11.3 Å². The first-order chi connectivity index (χ1) is 11.8. The van der Waals surface area contributed by atoms with Crippen molar-refractivity contribution in [3.05, 3.63) is 35.9 Å². The Balaban J connectivity index is 1.42. The van der Waals surface area contributed by atoms with Gasteiger partial charge in [-0.05, 0) is 31.5 Å². The predicted molar refractivity (Wildman–Crippen MR) is 86.2 cm³/mol. The third-order valence-electron chi connectivity index (χ3n) is 3.87. The number of nitrogens with one attached hydrogen (secondary N) is 1. The molecule has 0 bridgehead atoms. The number of aromatic nitrogens is 3. The van der Waals surface area contributed by atoms with Crippen LogP contribution in [0.2, 0.25) is 0 Å². The van der Waals surface area contributed by atoms with Crippen LogP contribution in [0.3, 0.4) is 0 Å². The molecule has 8 nitrogen and oxygen atoms in total. The van der Waals surface area contributed by atoms with Gasteiger partial charge in [-0.2, -0.15) is 0 Å². The van der Waals surface area contributed by atoms with Crippen molar-refractivity contribution in [2.24, 2.45) is 0 Å². The van der Waals surface area contributed by atoms with Crippen LogP contribution >= 0.6 is 11.3 Å². The minimum atomic E-state index is -0.215. The Morgan fingerprint density at radius 3 is 3.21 bits per heavy atom. The van der Waals surface area contributed by atoms with E-state index in [0.717, 1.165) is 19.4 Å². The average Bonchev–Trinajstić information content (AvgIpc) is 3.36. The van der Waals surface area contributed by atoms with Crippen molar-refractivity contribution < 1.29 is 13.6 Å². The van der Waals surface area contributed by atoms with Crippen LogP contribution in [0.4, 0.5) is 5.13 Å². The van der Waals surface area contributed by atoms with Gasteiger partial charge in [0.1, 0.15) is 0 Å². The van der Waals surface area contributed by atoms with Crippen LogP contribution in [0, 0.1) is 0 Å². The summed E-state index contributed by atoms with van der Waals surface area (Å²) in [5.41, 5.74) is 0. The van der Waals surface area contributed by atoms with Crippen LogP contribution in [0.25, 0.3) is 11.7 Å². The summed E-state index contributed by atoms with van der Waals surface area (Å²) < 4.78 is 10.9. The van der Waals surface area contributed by atoms with Crippen LogP contribution in [-0.2, 0) is 11.3 Å². The van der Waals surface area contributed by atoms with E-state index >= 15 is 0 Å². The highest BCUT2D eigenvalue weighted by Crippen LogP contribution is 2.23. The predicted octanol–water partition coefficient (Wildman–Crippen LogP) is 2.39. The van der Waals surface area contributed by atoms with Crippen LogP contribution in [0.15, 0.2) is 38.8 Å². The van der Waals surface area contributed by atoms with Gasteiger partial charge in [0.25, 0.3) is 5.89 Å². The quantitative estimate of drug-likeness (QED) is 0.758. The second-order valence-electron chi connectivity index (χ2n) is 5.43. The number of rotatable bonds is 5. The molecule has 1 atom stereocenters. The molecule has 1 aliphatic rings. The number of carbonyl (C=O) groups is 1. The van der Waals surface area contributed by atoms with E-state index in [9.17, 15) is 4.79 Å². The van der Waals surface area contributed by atoms with Gasteiger partial charge >= 0.3 is 0 Å². The minimum absolute atomic E-state index is 0.0479. The molecule has 4 heterocycles. The van der Waals surface area contributed by atoms with Gasteiger partial charge in [0.15, 0.2) is 10.9 Å². The molecule has 1 fully saturated rings. The Hall–Kier alpha value is -2.52. The Morgan fingerprint density at radius 2 is 2.42 bits per heavy atom.